The predicted octanol–water partition coefficient (Wildman–Crippen LogP) is 5.39. The van der Waals surface area contributed by atoms with Crippen LogP contribution in [0.3, 0.4) is 0 Å². The topological polar surface area (TPSA) is 68.7 Å². The van der Waals surface area contributed by atoms with Crippen molar-refractivity contribution in [2.75, 3.05) is 49.5 Å². The number of halogens is 3. The Morgan fingerprint density at radius 2 is 1.73 bits per heavy atom. The summed E-state index contributed by atoms with van der Waals surface area (Å²) in [5.41, 5.74) is 1.99. The molecule has 4 rings (SSSR count). The van der Waals surface area contributed by atoms with Crippen LogP contribution in [0.25, 0.3) is 10.9 Å². The summed E-state index contributed by atoms with van der Waals surface area (Å²) in [6, 6.07) is 11.5. The summed E-state index contributed by atoms with van der Waals surface area (Å²) in [6.45, 7) is 5.44. The first-order valence-corrected chi connectivity index (χ1v) is 11.7. The fraction of sp³-hybridized carbons (Fsp3) is 0.333. The van der Waals surface area contributed by atoms with Crippen LogP contribution in [-0.4, -0.2) is 60.2 Å². The van der Waals surface area contributed by atoms with E-state index in [-0.39, 0.29) is 11.5 Å². The van der Waals surface area contributed by atoms with Gasteiger partial charge in [-0.3, -0.25) is 4.90 Å². The lowest BCUT2D eigenvalue weighted by Gasteiger charge is -2.36. The average Bonchev–Trinajstić information content (AvgIpc) is 2.82. The molecular weight excluding hydrogens is 466 g/mol. The predicted molar refractivity (Wildman–Crippen MR) is 131 cm³/mol. The highest BCUT2D eigenvalue weighted by Crippen LogP contribution is 2.34. The molecule has 2 aromatic carbocycles. The Bertz CT molecular complexity index is 1140. The van der Waals surface area contributed by atoms with Crippen LogP contribution >= 0.6 is 23.2 Å². The zero-order valence-corrected chi connectivity index (χ0v) is 19.5. The van der Waals surface area contributed by atoms with Crippen molar-refractivity contribution in [1.29, 1.82) is 0 Å². The van der Waals surface area contributed by atoms with E-state index in [0.717, 1.165) is 51.3 Å². The molecule has 1 saturated heterocycles. The van der Waals surface area contributed by atoms with Crippen molar-refractivity contribution in [3.63, 3.8) is 0 Å². The second-order valence-electron chi connectivity index (χ2n) is 8.05. The Hall–Kier alpha value is -2.61. The van der Waals surface area contributed by atoms with Gasteiger partial charge in [0.1, 0.15) is 5.82 Å². The van der Waals surface area contributed by atoms with Crippen LogP contribution in [0.5, 0.6) is 0 Å². The molecule has 0 atom stereocenters. The fourth-order valence-corrected chi connectivity index (χ4v) is 4.54. The smallest absolute Gasteiger partial charge is 0.354 e. The number of hydrogen-bond donors (Lipinski definition) is 2. The van der Waals surface area contributed by atoms with Gasteiger partial charge in [-0.2, -0.15) is 0 Å². The maximum absolute atomic E-state index is 13.1. The minimum absolute atomic E-state index is 0.0757. The Morgan fingerprint density at radius 3 is 2.42 bits per heavy atom. The summed E-state index contributed by atoms with van der Waals surface area (Å²) in [5.74, 6) is -1.33. The van der Waals surface area contributed by atoms with Crippen molar-refractivity contribution in [2.45, 2.75) is 12.8 Å². The molecule has 0 spiro atoms. The van der Waals surface area contributed by atoms with Gasteiger partial charge in [-0.25, -0.2) is 14.2 Å². The minimum Gasteiger partial charge on any atom is -0.477 e. The fourth-order valence-electron chi connectivity index (χ4n) is 4.08. The maximum atomic E-state index is 13.1. The van der Waals surface area contributed by atoms with Gasteiger partial charge in [-0.05, 0) is 61.9 Å². The number of nitrogens with one attached hydrogen (secondary N) is 1. The molecule has 9 heteroatoms. The quantitative estimate of drug-likeness (QED) is 0.412. The maximum Gasteiger partial charge on any atom is 0.354 e. The summed E-state index contributed by atoms with van der Waals surface area (Å²) in [7, 11) is 0. The number of piperazine rings is 1. The van der Waals surface area contributed by atoms with E-state index in [0.29, 0.717) is 33.2 Å². The van der Waals surface area contributed by atoms with Crippen LogP contribution < -0.4 is 10.2 Å². The minimum atomic E-state index is -1.12. The van der Waals surface area contributed by atoms with Crippen molar-refractivity contribution in [1.82, 2.24) is 9.88 Å². The van der Waals surface area contributed by atoms with Gasteiger partial charge < -0.3 is 15.3 Å². The number of anilines is 2. The Kier molecular flexibility index (Phi) is 7.53. The van der Waals surface area contributed by atoms with E-state index >= 15 is 0 Å². The Balaban J connectivity index is 1.28. The number of pyridine rings is 1. The molecule has 2 N–H and O–H groups in total. The molecule has 0 radical (unpaired) electrons. The third-order valence-electron chi connectivity index (χ3n) is 5.86. The molecule has 0 aliphatic carbocycles. The van der Waals surface area contributed by atoms with E-state index in [1.54, 1.807) is 12.1 Å². The summed E-state index contributed by atoms with van der Waals surface area (Å²) < 4.78 is 13.1. The summed E-state index contributed by atoms with van der Waals surface area (Å²) in [5, 5.41) is 14.2. The molecule has 0 amide bonds. The van der Waals surface area contributed by atoms with Crippen LogP contribution in [0, 0.1) is 5.82 Å². The van der Waals surface area contributed by atoms with Crippen LogP contribution in [0.2, 0.25) is 10.0 Å². The lowest BCUT2D eigenvalue weighted by atomic mass is 10.1. The first-order chi connectivity index (χ1) is 15.9. The SMILES string of the molecule is O=C(O)c1cc(NCCCCN2CCN(c3ccc(F)cc3)CC2)c2c(Cl)ccc(Cl)c2n1. The lowest BCUT2D eigenvalue weighted by molar-refractivity contribution is 0.0691. The highest BCUT2D eigenvalue weighted by Gasteiger charge is 2.18. The van der Waals surface area contributed by atoms with Gasteiger partial charge in [-0.15, -0.1) is 0 Å². The second kappa shape index (κ2) is 10.5. The summed E-state index contributed by atoms with van der Waals surface area (Å²) in [4.78, 5) is 20.3. The lowest BCUT2D eigenvalue weighted by Crippen LogP contribution is -2.46. The van der Waals surface area contributed by atoms with Crippen molar-refractivity contribution in [3.8, 4) is 0 Å². The van der Waals surface area contributed by atoms with E-state index < -0.39 is 5.97 Å². The molecule has 0 unspecified atom stereocenters. The molecule has 0 saturated carbocycles. The van der Waals surface area contributed by atoms with Crippen LogP contribution in [0.1, 0.15) is 23.3 Å². The number of rotatable bonds is 8. The molecular formula is C24H25Cl2FN4O2. The molecule has 3 aromatic rings. The first-order valence-electron chi connectivity index (χ1n) is 10.9. The first kappa shape index (κ1) is 23.5. The highest BCUT2D eigenvalue weighted by molar-refractivity contribution is 6.41. The van der Waals surface area contributed by atoms with Crippen LogP contribution in [-0.2, 0) is 0 Å². The van der Waals surface area contributed by atoms with Gasteiger partial charge in [-0.1, -0.05) is 23.2 Å². The zero-order valence-electron chi connectivity index (χ0n) is 18.0. The molecule has 1 fully saturated rings. The third kappa shape index (κ3) is 5.66. The number of fused-ring (bicyclic) bond motifs is 1. The third-order valence-corrected chi connectivity index (χ3v) is 6.48. The number of benzene rings is 2. The number of unbranched alkanes of at least 4 members (excludes halogenated alkanes) is 1. The Labute approximate surface area is 201 Å². The molecule has 0 bridgehead atoms. The van der Waals surface area contributed by atoms with Crippen molar-refractivity contribution < 1.29 is 14.3 Å². The standard InChI is InChI=1S/C24H25Cl2FN4O2/c25-18-7-8-19(26)23-22(18)20(15-21(29-23)24(32)33)28-9-1-2-10-30-11-13-31(14-12-30)17-5-3-16(27)4-6-17/h3-8,15H,1-2,9-14H2,(H,28,29)(H,32,33). The summed E-state index contributed by atoms with van der Waals surface area (Å²) >= 11 is 12.6. The van der Waals surface area contributed by atoms with Gasteiger partial charge in [0.2, 0.25) is 0 Å². The van der Waals surface area contributed by atoms with Crippen LogP contribution in [0.15, 0.2) is 42.5 Å². The second-order valence-corrected chi connectivity index (χ2v) is 8.87. The number of hydrogen-bond acceptors (Lipinski definition) is 5. The molecule has 6 nitrogen and oxygen atoms in total. The van der Waals surface area contributed by atoms with Gasteiger partial charge >= 0.3 is 5.97 Å². The highest BCUT2D eigenvalue weighted by atomic mass is 35.5. The van der Waals surface area contributed by atoms with E-state index in [9.17, 15) is 14.3 Å². The normalized spacial score (nSPS) is 14.6. The van der Waals surface area contributed by atoms with Crippen molar-refractivity contribution >= 4 is 51.4 Å². The van der Waals surface area contributed by atoms with Gasteiger partial charge in [0, 0.05) is 49.5 Å². The van der Waals surface area contributed by atoms with E-state index in [2.05, 4.69) is 20.1 Å². The number of aromatic nitrogens is 1. The van der Waals surface area contributed by atoms with Crippen LogP contribution in [0.4, 0.5) is 15.8 Å². The number of carboxylic acids is 1. The number of nitrogens with zero attached hydrogens (tertiary/aromatic N) is 3. The number of carbonyl (C=O) groups is 1. The molecule has 33 heavy (non-hydrogen) atoms. The largest absolute Gasteiger partial charge is 0.477 e. The van der Waals surface area contributed by atoms with E-state index in [1.807, 2.05) is 12.1 Å². The van der Waals surface area contributed by atoms with Gasteiger partial charge in [0.05, 0.1) is 15.6 Å². The molecule has 174 valence electrons. The molecule has 1 aromatic heterocycles. The van der Waals surface area contributed by atoms with Gasteiger partial charge in [0.25, 0.3) is 0 Å². The monoisotopic (exact) mass is 490 g/mol. The van der Waals surface area contributed by atoms with Gasteiger partial charge in [0.15, 0.2) is 5.69 Å². The number of aromatic carboxylic acids is 1. The number of carboxylic acid groups (broad SMARTS) is 1. The molecule has 1 aliphatic heterocycles. The summed E-state index contributed by atoms with van der Waals surface area (Å²) in [6.07, 6.45) is 1.93. The van der Waals surface area contributed by atoms with Crippen molar-refractivity contribution in [3.05, 3.63) is 64.0 Å². The molecule has 2 heterocycles. The zero-order chi connectivity index (χ0) is 23.4. The van der Waals surface area contributed by atoms with E-state index in [4.69, 9.17) is 23.2 Å². The average molecular weight is 491 g/mol. The Morgan fingerprint density at radius 1 is 1.03 bits per heavy atom. The van der Waals surface area contributed by atoms with E-state index in [1.165, 1.54) is 18.2 Å². The van der Waals surface area contributed by atoms with Crippen molar-refractivity contribution in [2.24, 2.45) is 0 Å². The molecule has 1 aliphatic rings.